The topological polar surface area (TPSA) is 74.1 Å². The summed E-state index contributed by atoms with van der Waals surface area (Å²) in [7, 11) is 0. The zero-order valence-corrected chi connectivity index (χ0v) is 8.16. The smallest absolute Gasteiger partial charge is 0.190 e. The van der Waals surface area contributed by atoms with E-state index in [4.69, 9.17) is 10.8 Å². The molecular formula is C10H17N3O. The minimum absolute atomic E-state index is 0.192. The van der Waals surface area contributed by atoms with Gasteiger partial charge in [-0.25, -0.2) is 0 Å². The number of anilines is 1. The highest BCUT2D eigenvalue weighted by Gasteiger charge is 2.21. The van der Waals surface area contributed by atoms with Crippen molar-refractivity contribution >= 4 is 5.69 Å². The van der Waals surface area contributed by atoms with Gasteiger partial charge in [0.1, 0.15) is 0 Å². The molecule has 1 aliphatic carbocycles. The summed E-state index contributed by atoms with van der Waals surface area (Å²) in [5, 5.41) is 12.5. The van der Waals surface area contributed by atoms with Crippen molar-refractivity contribution in [1.82, 2.24) is 4.98 Å². The fourth-order valence-corrected chi connectivity index (χ4v) is 2.02. The second-order valence-electron chi connectivity index (χ2n) is 3.97. The Balaban J connectivity index is 1.95. The predicted molar refractivity (Wildman–Crippen MR) is 56.3 cm³/mol. The van der Waals surface area contributed by atoms with E-state index >= 15 is 0 Å². The highest BCUT2D eigenvalue weighted by molar-refractivity contribution is 5.46. The molecule has 2 atom stereocenters. The minimum atomic E-state index is 0.192. The molecule has 0 aromatic carbocycles. The minimum Gasteiger partial charge on any atom is -0.495 e. The number of aromatic hydroxyl groups is 1. The lowest BCUT2D eigenvalue weighted by molar-refractivity contribution is 0.404. The average Bonchev–Trinajstić information content (AvgIpc) is 2.56. The molecule has 2 rings (SSSR count). The van der Waals surface area contributed by atoms with E-state index in [-0.39, 0.29) is 11.9 Å². The SMILES string of the molecule is NC1CCCCC1Nc1c[nH]c(O)c1. The van der Waals surface area contributed by atoms with Crippen LogP contribution in [-0.4, -0.2) is 22.2 Å². The van der Waals surface area contributed by atoms with Crippen molar-refractivity contribution in [2.24, 2.45) is 5.73 Å². The Labute approximate surface area is 83.5 Å². The first-order valence-electron chi connectivity index (χ1n) is 5.15. The van der Waals surface area contributed by atoms with Crippen molar-refractivity contribution in [3.63, 3.8) is 0 Å². The third-order valence-corrected chi connectivity index (χ3v) is 2.84. The number of H-pyrrole nitrogens is 1. The molecule has 4 nitrogen and oxygen atoms in total. The van der Waals surface area contributed by atoms with E-state index in [1.165, 1.54) is 12.8 Å². The van der Waals surface area contributed by atoms with E-state index in [2.05, 4.69) is 10.3 Å². The number of hydrogen-bond donors (Lipinski definition) is 4. The van der Waals surface area contributed by atoms with Gasteiger partial charge < -0.3 is 21.1 Å². The van der Waals surface area contributed by atoms with Crippen LogP contribution in [0.25, 0.3) is 0 Å². The molecule has 0 aliphatic heterocycles. The molecule has 1 aromatic rings. The molecule has 0 radical (unpaired) electrons. The summed E-state index contributed by atoms with van der Waals surface area (Å²) in [4.78, 5) is 2.73. The van der Waals surface area contributed by atoms with Crippen LogP contribution in [-0.2, 0) is 0 Å². The van der Waals surface area contributed by atoms with Crippen LogP contribution in [0.1, 0.15) is 25.7 Å². The molecular weight excluding hydrogens is 178 g/mol. The first-order valence-corrected chi connectivity index (χ1v) is 5.15. The molecule has 1 aliphatic rings. The zero-order valence-electron chi connectivity index (χ0n) is 8.16. The molecule has 0 amide bonds. The van der Waals surface area contributed by atoms with Gasteiger partial charge in [-0.05, 0) is 12.8 Å². The maximum Gasteiger partial charge on any atom is 0.190 e. The third-order valence-electron chi connectivity index (χ3n) is 2.84. The van der Waals surface area contributed by atoms with Crippen molar-refractivity contribution in [2.75, 3.05) is 5.32 Å². The number of hydrogen-bond acceptors (Lipinski definition) is 3. The Morgan fingerprint density at radius 1 is 1.43 bits per heavy atom. The lowest BCUT2D eigenvalue weighted by Gasteiger charge is -2.29. The lowest BCUT2D eigenvalue weighted by Crippen LogP contribution is -2.42. The molecule has 1 aromatic heterocycles. The summed E-state index contributed by atoms with van der Waals surface area (Å²) in [6.45, 7) is 0. The second kappa shape index (κ2) is 3.92. The summed E-state index contributed by atoms with van der Waals surface area (Å²) < 4.78 is 0. The summed E-state index contributed by atoms with van der Waals surface area (Å²) in [6, 6.07) is 2.26. The fourth-order valence-electron chi connectivity index (χ4n) is 2.02. The van der Waals surface area contributed by atoms with Gasteiger partial charge in [0, 0.05) is 24.3 Å². The van der Waals surface area contributed by atoms with E-state index in [9.17, 15) is 0 Å². The number of nitrogens with one attached hydrogen (secondary N) is 2. The normalized spacial score (nSPS) is 27.5. The van der Waals surface area contributed by atoms with Crippen molar-refractivity contribution in [3.05, 3.63) is 12.3 Å². The molecule has 2 unspecified atom stereocenters. The monoisotopic (exact) mass is 195 g/mol. The summed E-state index contributed by atoms with van der Waals surface area (Å²) >= 11 is 0. The van der Waals surface area contributed by atoms with Crippen LogP contribution >= 0.6 is 0 Å². The van der Waals surface area contributed by atoms with Gasteiger partial charge in [0.2, 0.25) is 0 Å². The van der Waals surface area contributed by atoms with Gasteiger partial charge in [-0.1, -0.05) is 12.8 Å². The largest absolute Gasteiger partial charge is 0.495 e. The van der Waals surface area contributed by atoms with E-state index in [0.29, 0.717) is 6.04 Å². The number of aromatic amines is 1. The number of rotatable bonds is 2. The van der Waals surface area contributed by atoms with Gasteiger partial charge in [0.25, 0.3) is 0 Å². The summed E-state index contributed by atoms with van der Waals surface area (Å²) in [5.74, 6) is 0.192. The Bertz CT molecular complexity index is 297. The number of aromatic nitrogens is 1. The Kier molecular flexibility index (Phi) is 2.63. The van der Waals surface area contributed by atoms with Crippen LogP contribution in [0.4, 0.5) is 5.69 Å². The van der Waals surface area contributed by atoms with Crippen molar-refractivity contribution < 1.29 is 5.11 Å². The van der Waals surface area contributed by atoms with Crippen LogP contribution < -0.4 is 11.1 Å². The van der Waals surface area contributed by atoms with E-state index in [0.717, 1.165) is 18.5 Å². The standard InChI is InChI=1S/C10H17N3O/c11-8-3-1-2-4-9(8)13-7-5-10(14)12-6-7/h5-6,8-9,12-14H,1-4,11H2. The van der Waals surface area contributed by atoms with Gasteiger partial charge in [-0.15, -0.1) is 0 Å². The summed E-state index contributed by atoms with van der Waals surface area (Å²) in [5.41, 5.74) is 6.92. The lowest BCUT2D eigenvalue weighted by atomic mass is 9.91. The van der Waals surface area contributed by atoms with Gasteiger partial charge in [-0.3, -0.25) is 0 Å². The van der Waals surface area contributed by atoms with Gasteiger partial charge in [0.05, 0.1) is 5.69 Å². The average molecular weight is 195 g/mol. The number of nitrogens with two attached hydrogens (primary N) is 1. The van der Waals surface area contributed by atoms with E-state index in [1.54, 1.807) is 12.3 Å². The van der Waals surface area contributed by atoms with Gasteiger partial charge >= 0.3 is 0 Å². The highest BCUT2D eigenvalue weighted by Crippen LogP contribution is 2.22. The van der Waals surface area contributed by atoms with Crippen LogP contribution in [0.3, 0.4) is 0 Å². The maximum absolute atomic E-state index is 9.12. The highest BCUT2D eigenvalue weighted by atomic mass is 16.3. The Hall–Kier alpha value is -1.16. The molecule has 1 saturated carbocycles. The van der Waals surface area contributed by atoms with Crippen LogP contribution in [0.15, 0.2) is 12.3 Å². The molecule has 78 valence electrons. The van der Waals surface area contributed by atoms with Crippen LogP contribution in [0.2, 0.25) is 0 Å². The molecule has 5 N–H and O–H groups in total. The molecule has 4 heteroatoms. The third kappa shape index (κ3) is 2.01. The van der Waals surface area contributed by atoms with E-state index in [1.807, 2.05) is 0 Å². The summed E-state index contributed by atoms with van der Waals surface area (Å²) in [6.07, 6.45) is 6.44. The Morgan fingerprint density at radius 3 is 2.86 bits per heavy atom. The molecule has 1 heterocycles. The molecule has 0 bridgehead atoms. The van der Waals surface area contributed by atoms with Gasteiger partial charge in [0.15, 0.2) is 5.88 Å². The second-order valence-corrected chi connectivity index (χ2v) is 3.97. The fraction of sp³-hybridized carbons (Fsp3) is 0.600. The van der Waals surface area contributed by atoms with E-state index < -0.39 is 0 Å². The molecule has 0 spiro atoms. The van der Waals surface area contributed by atoms with Crippen LogP contribution in [0.5, 0.6) is 5.88 Å². The van der Waals surface area contributed by atoms with Crippen molar-refractivity contribution in [1.29, 1.82) is 0 Å². The molecule has 14 heavy (non-hydrogen) atoms. The maximum atomic E-state index is 9.12. The molecule has 0 saturated heterocycles. The quantitative estimate of drug-likeness (QED) is 0.576. The van der Waals surface area contributed by atoms with Crippen molar-refractivity contribution in [2.45, 2.75) is 37.8 Å². The predicted octanol–water partition coefficient (Wildman–Crippen LogP) is 1.40. The van der Waals surface area contributed by atoms with Gasteiger partial charge in [-0.2, -0.15) is 0 Å². The van der Waals surface area contributed by atoms with Crippen molar-refractivity contribution in [3.8, 4) is 5.88 Å². The Morgan fingerprint density at radius 2 is 2.21 bits per heavy atom. The zero-order chi connectivity index (χ0) is 9.97. The first-order chi connectivity index (χ1) is 6.75. The first kappa shape index (κ1) is 9.40. The molecule has 1 fully saturated rings. The van der Waals surface area contributed by atoms with Crippen LogP contribution in [0, 0.1) is 0 Å².